The number of carboxylic acids is 1. The molecule has 1 amide bonds. The Bertz CT molecular complexity index is 695. The first-order valence-electron chi connectivity index (χ1n) is 6.88. The summed E-state index contributed by atoms with van der Waals surface area (Å²) in [6.07, 6.45) is 2.36. The molecule has 0 aliphatic carbocycles. The van der Waals surface area contributed by atoms with E-state index in [2.05, 4.69) is 0 Å². The van der Waals surface area contributed by atoms with Gasteiger partial charge in [0, 0.05) is 5.56 Å². The molecule has 1 aromatic rings. The summed E-state index contributed by atoms with van der Waals surface area (Å²) in [6.45, 7) is 3.39. The maximum Gasteiger partial charge on any atom is 0.266 e. The van der Waals surface area contributed by atoms with E-state index in [1.165, 1.54) is 0 Å². The zero-order chi connectivity index (χ0) is 17.1. The van der Waals surface area contributed by atoms with Crippen molar-refractivity contribution in [3.05, 3.63) is 40.3 Å². The van der Waals surface area contributed by atoms with Gasteiger partial charge in [0.05, 0.1) is 16.9 Å². The van der Waals surface area contributed by atoms with Crippen LogP contribution in [0.4, 0.5) is 0 Å². The predicted molar refractivity (Wildman–Crippen MR) is 90.5 cm³/mol. The molecule has 0 N–H and O–H groups in total. The molecule has 0 spiro atoms. The minimum Gasteiger partial charge on any atom is -0.548 e. The standard InChI is InChI=1S/C16H15NO4S2/c1-9(2)13(15(20)21)17-14(19)12(23-16(17)22)7-10-3-5-11(8-18)6-4-10/h3-9,13H,1-2H3,(H,20,21)/p-1/b12-7-/t13-/m1/s1. The largest absolute Gasteiger partial charge is 0.548 e. The zero-order valence-corrected chi connectivity index (χ0v) is 14.1. The maximum absolute atomic E-state index is 12.5. The maximum atomic E-state index is 12.5. The number of carbonyl (C=O) groups excluding carboxylic acids is 3. The van der Waals surface area contributed by atoms with Gasteiger partial charge in [-0.15, -0.1) is 0 Å². The van der Waals surface area contributed by atoms with Crippen molar-refractivity contribution in [1.82, 2.24) is 4.90 Å². The van der Waals surface area contributed by atoms with E-state index in [9.17, 15) is 19.5 Å². The number of aliphatic carboxylic acids is 1. The highest BCUT2D eigenvalue weighted by atomic mass is 32.2. The van der Waals surface area contributed by atoms with Crippen molar-refractivity contribution in [3.63, 3.8) is 0 Å². The molecule has 2 rings (SSSR count). The number of rotatable bonds is 5. The first kappa shape index (κ1) is 17.4. The molecule has 23 heavy (non-hydrogen) atoms. The molecule has 1 aromatic carbocycles. The Morgan fingerprint density at radius 1 is 1.26 bits per heavy atom. The van der Waals surface area contributed by atoms with Crippen LogP contribution in [0.5, 0.6) is 0 Å². The van der Waals surface area contributed by atoms with Crippen LogP contribution in [0.25, 0.3) is 6.08 Å². The van der Waals surface area contributed by atoms with Gasteiger partial charge < -0.3 is 9.90 Å². The average molecular weight is 348 g/mol. The number of hydrogen-bond acceptors (Lipinski definition) is 6. The first-order valence-corrected chi connectivity index (χ1v) is 8.10. The molecule has 0 unspecified atom stereocenters. The highest BCUT2D eigenvalue weighted by Crippen LogP contribution is 2.35. The molecule has 1 saturated heterocycles. The fraction of sp³-hybridized carbons (Fsp3) is 0.250. The number of carbonyl (C=O) groups is 3. The molecule has 1 aliphatic rings. The summed E-state index contributed by atoms with van der Waals surface area (Å²) < 4.78 is 0.202. The molecule has 1 atom stereocenters. The monoisotopic (exact) mass is 348 g/mol. The van der Waals surface area contributed by atoms with E-state index < -0.39 is 17.9 Å². The number of benzene rings is 1. The van der Waals surface area contributed by atoms with Gasteiger partial charge in [-0.1, -0.05) is 62.1 Å². The topological polar surface area (TPSA) is 77.5 Å². The van der Waals surface area contributed by atoms with E-state index in [0.29, 0.717) is 10.5 Å². The second kappa shape index (κ2) is 7.06. The second-order valence-electron chi connectivity index (χ2n) is 5.34. The fourth-order valence-electron chi connectivity index (χ4n) is 2.22. The molecule has 0 bridgehead atoms. The number of amides is 1. The minimum atomic E-state index is -1.33. The van der Waals surface area contributed by atoms with Crippen LogP contribution >= 0.6 is 24.0 Å². The van der Waals surface area contributed by atoms with Gasteiger partial charge in [0.1, 0.15) is 10.6 Å². The van der Waals surface area contributed by atoms with Gasteiger partial charge in [0.2, 0.25) is 0 Å². The van der Waals surface area contributed by atoms with Crippen molar-refractivity contribution in [2.24, 2.45) is 5.92 Å². The quantitative estimate of drug-likeness (QED) is 0.456. The molecule has 0 aromatic heterocycles. The van der Waals surface area contributed by atoms with Crippen LogP contribution in [0, 0.1) is 5.92 Å². The molecular weight excluding hydrogens is 334 g/mol. The summed E-state index contributed by atoms with van der Waals surface area (Å²) in [6, 6.07) is 5.59. The lowest BCUT2D eigenvalue weighted by Crippen LogP contribution is -2.52. The van der Waals surface area contributed by atoms with Crippen LogP contribution in [0.2, 0.25) is 0 Å². The first-order chi connectivity index (χ1) is 10.8. The molecule has 120 valence electrons. The van der Waals surface area contributed by atoms with Gasteiger partial charge in [-0.25, -0.2) is 0 Å². The predicted octanol–water partition coefficient (Wildman–Crippen LogP) is 1.47. The van der Waals surface area contributed by atoms with Gasteiger partial charge in [0.15, 0.2) is 0 Å². The zero-order valence-electron chi connectivity index (χ0n) is 12.5. The average Bonchev–Trinajstić information content (AvgIpc) is 2.75. The van der Waals surface area contributed by atoms with E-state index in [0.717, 1.165) is 28.5 Å². The number of nitrogens with zero attached hydrogens (tertiary/aromatic N) is 1. The van der Waals surface area contributed by atoms with E-state index >= 15 is 0 Å². The molecule has 7 heteroatoms. The number of aldehydes is 1. The van der Waals surface area contributed by atoms with Gasteiger partial charge in [-0.2, -0.15) is 0 Å². The van der Waals surface area contributed by atoms with Crippen LogP contribution in [-0.2, 0) is 9.59 Å². The molecule has 1 heterocycles. The lowest BCUT2D eigenvalue weighted by molar-refractivity contribution is -0.311. The third-order valence-corrected chi connectivity index (χ3v) is 4.68. The van der Waals surface area contributed by atoms with Crippen molar-refractivity contribution in [2.45, 2.75) is 19.9 Å². The summed E-state index contributed by atoms with van der Waals surface area (Å²) in [5.41, 5.74) is 1.26. The Morgan fingerprint density at radius 2 is 1.83 bits per heavy atom. The Kier molecular flexibility index (Phi) is 5.33. The number of hydrogen-bond donors (Lipinski definition) is 0. The van der Waals surface area contributed by atoms with Crippen molar-refractivity contribution in [3.8, 4) is 0 Å². The molecule has 1 fully saturated rings. The van der Waals surface area contributed by atoms with Crippen molar-refractivity contribution >= 4 is 52.5 Å². The van der Waals surface area contributed by atoms with E-state index in [1.807, 2.05) is 0 Å². The van der Waals surface area contributed by atoms with Crippen molar-refractivity contribution in [2.75, 3.05) is 0 Å². The van der Waals surface area contributed by atoms with E-state index in [4.69, 9.17) is 12.2 Å². The number of thioether (sulfide) groups is 1. The van der Waals surface area contributed by atoms with Gasteiger partial charge in [-0.3, -0.25) is 14.5 Å². The Labute approximate surface area is 143 Å². The Morgan fingerprint density at radius 3 is 2.30 bits per heavy atom. The summed E-state index contributed by atoms with van der Waals surface area (Å²) in [5.74, 6) is -2.09. The Hall–Kier alpha value is -1.99. The smallest absolute Gasteiger partial charge is 0.266 e. The van der Waals surface area contributed by atoms with Gasteiger partial charge in [-0.05, 0) is 17.6 Å². The third kappa shape index (κ3) is 3.68. The third-order valence-electron chi connectivity index (χ3n) is 3.34. The summed E-state index contributed by atoms with van der Waals surface area (Å²) in [5, 5.41) is 11.3. The van der Waals surface area contributed by atoms with Crippen LogP contribution in [0.15, 0.2) is 29.2 Å². The normalized spacial score (nSPS) is 17.9. The van der Waals surface area contributed by atoms with Crippen LogP contribution in [0.1, 0.15) is 29.8 Å². The lowest BCUT2D eigenvalue weighted by atomic mass is 10.0. The number of thiocarbonyl (C=S) groups is 1. The Balaban J connectivity index is 2.31. The van der Waals surface area contributed by atoms with Gasteiger partial charge >= 0.3 is 0 Å². The van der Waals surface area contributed by atoms with E-state index in [-0.39, 0.29) is 10.2 Å². The van der Waals surface area contributed by atoms with Crippen molar-refractivity contribution in [1.29, 1.82) is 0 Å². The summed E-state index contributed by atoms with van der Waals surface area (Å²) in [7, 11) is 0. The highest BCUT2D eigenvalue weighted by molar-refractivity contribution is 8.26. The van der Waals surface area contributed by atoms with Crippen LogP contribution < -0.4 is 5.11 Å². The molecule has 0 saturated carbocycles. The summed E-state index contributed by atoms with van der Waals surface area (Å²) in [4.78, 5) is 35.9. The minimum absolute atomic E-state index is 0.202. The van der Waals surface area contributed by atoms with Crippen LogP contribution in [0.3, 0.4) is 0 Å². The van der Waals surface area contributed by atoms with E-state index in [1.54, 1.807) is 44.2 Å². The molecule has 5 nitrogen and oxygen atoms in total. The summed E-state index contributed by atoms with van der Waals surface area (Å²) >= 11 is 6.21. The second-order valence-corrected chi connectivity index (χ2v) is 7.02. The van der Waals surface area contributed by atoms with Crippen molar-refractivity contribution < 1.29 is 19.5 Å². The molecule has 0 radical (unpaired) electrons. The van der Waals surface area contributed by atoms with Crippen LogP contribution in [-0.4, -0.2) is 33.4 Å². The molecular formula is C16H14NO4S2-. The highest BCUT2D eigenvalue weighted by Gasteiger charge is 2.38. The fourth-order valence-corrected chi connectivity index (χ4v) is 3.55. The lowest BCUT2D eigenvalue weighted by Gasteiger charge is -2.30. The SMILES string of the molecule is CC(C)[C@H](C(=O)[O-])N1C(=O)/C(=C/c2ccc(C=O)cc2)SC1=S. The number of carboxylic acid groups (broad SMARTS) is 1. The van der Waals surface area contributed by atoms with Gasteiger partial charge in [0.25, 0.3) is 5.91 Å². The molecule has 1 aliphatic heterocycles.